The summed E-state index contributed by atoms with van der Waals surface area (Å²) in [4.78, 5) is 0. The van der Waals surface area contributed by atoms with Gasteiger partial charge in [0.2, 0.25) is 0 Å². The van der Waals surface area contributed by atoms with Gasteiger partial charge in [-0.05, 0) is 36.2 Å². The molecule has 0 amide bonds. The molecule has 0 saturated heterocycles. The molecule has 1 unspecified atom stereocenters. The molecule has 20 heavy (non-hydrogen) atoms. The van der Waals surface area contributed by atoms with Crippen molar-refractivity contribution in [3.05, 3.63) is 63.4 Å². The summed E-state index contributed by atoms with van der Waals surface area (Å²) < 4.78 is 18.9. The van der Waals surface area contributed by atoms with Crippen molar-refractivity contribution < 1.29 is 9.13 Å². The third-order valence-electron chi connectivity index (χ3n) is 3.09. The van der Waals surface area contributed by atoms with E-state index in [0.717, 1.165) is 5.56 Å². The molecule has 0 heterocycles. The maximum atomic E-state index is 13.8. The number of benzene rings is 2. The highest BCUT2D eigenvalue weighted by molar-refractivity contribution is 6.32. The van der Waals surface area contributed by atoms with Gasteiger partial charge in [-0.15, -0.1) is 0 Å². The van der Waals surface area contributed by atoms with Crippen LogP contribution in [0.1, 0.15) is 17.2 Å². The SMILES string of the molecule is COc1cc(C(N)Cc2c(F)cccc2Cl)ccc1Cl. The number of ether oxygens (including phenoxy) is 1. The fourth-order valence-corrected chi connectivity index (χ4v) is 2.41. The highest BCUT2D eigenvalue weighted by atomic mass is 35.5. The minimum Gasteiger partial charge on any atom is -0.495 e. The van der Waals surface area contributed by atoms with Crippen molar-refractivity contribution >= 4 is 23.2 Å². The van der Waals surface area contributed by atoms with E-state index in [1.165, 1.54) is 13.2 Å². The fourth-order valence-electron chi connectivity index (χ4n) is 1.97. The summed E-state index contributed by atoms with van der Waals surface area (Å²) >= 11 is 12.0. The zero-order valence-corrected chi connectivity index (χ0v) is 12.4. The minimum atomic E-state index is -0.393. The van der Waals surface area contributed by atoms with Crippen LogP contribution in [0.25, 0.3) is 0 Å². The molecule has 2 N–H and O–H groups in total. The van der Waals surface area contributed by atoms with Crippen LogP contribution in [0.4, 0.5) is 4.39 Å². The Morgan fingerprint density at radius 1 is 1.20 bits per heavy atom. The number of rotatable bonds is 4. The maximum absolute atomic E-state index is 13.8. The van der Waals surface area contributed by atoms with Crippen LogP contribution in [-0.2, 0) is 6.42 Å². The van der Waals surface area contributed by atoms with Crippen molar-refractivity contribution in [1.29, 1.82) is 0 Å². The molecule has 0 fully saturated rings. The Kier molecular flexibility index (Phi) is 4.86. The van der Waals surface area contributed by atoms with E-state index in [1.807, 2.05) is 0 Å². The second kappa shape index (κ2) is 6.44. The summed E-state index contributed by atoms with van der Waals surface area (Å²) in [7, 11) is 1.53. The van der Waals surface area contributed by atoms with Crippen LogP contribution in [-0.4, -0.2) is 7.11 Å². The van der Waals surface area contributed by atoms with Gasteiger partial charge in [-0.2, -0.15) is 0 Å². The molecule has 106 valence electrons. The Morgan fingerprint density at radius 3 is 2.60 bits per heavy atom. The van der Waals surface area contributed by atoms with Gasteiger partial charge in [-0.1, -0.05) is 35.3 Å². The Balaban J connectivity index is 2.26. The normalized spacial score (nSPS) is 12.2. The zero-order chi connectivity index (χ0) is 14.7. The molecule has 0 radical (unpaired) electrons. The van der Waals surface area contributed by atoms with Gasteiger partial charge in [0.25, 0.3) is 0 Å². The van der Waals surface area contributed by atoms with Crippen molar-refractivity contribution in [3.8, 4) is 5.75 Å². The lowest BCUT2D eigenvalue weighted by molar-refractivity contribution is 0.414. The molecule has 0 aromatic heterocycles. The largest absolute Gasteiger partial charge is 0.495 e. The van der Waals surface area contributed by atoms with E-state index in [2.05, 4.69) is 0 Å². The van der Waals surface area contributed by atoms with E-state index in [0.29, 0.717) is 27.8 Å². The van der Waals surface area contributed by atoms with Crippen LogP contribution >= 0.6 is 23.2 Å². The van der Waals surface area contributed by atoms with E-state index in [-0.39, 0.29) is 5.82 Å². The summed E-state index contributed by atoms with van der Waals surface area (Å²) in [5, 5.41) is 0.883. The number of hydrogen-bond acceptors (Lipinski definition) is 2. The smallest absolute Gasteiger partial charge is 0.137 e. The lowest BCUT2D eigenvalue weighted by Crippen LogP contribution is -2.14. The molecule has 5 heteroatoms. The number of halogens is 3. The molecule has 0 aliphatic carbocycles. The summed E-state index contributed by atoms with van der Waals surface area (Å²) in [6.45, 7) is 0. The van der Waals surface area contributed by atoms with Crippen LogP contribution in [0.5, 0.6) is 5.75 Å². The van der Waals surface area contributed by atoms with Gasteiger partial charge in [0, 0.05) is 16.6 Å². The van der Waals surface area contributed by atoms with Crippen molar-refractivity contribution in [2.24, 2.45) is 5.73 Å². The molecule has 2 aromatic carbocycles. The molecule has 2 rings (SSSR count). The minimum absolute atomic E-state index is 0.302. The van der Waals surface area contributed by atoms with E-state index in [4.69, 9.17) is 33.7 Å². The van der Waals surface area contributed by atoms with Crippen LogP contribution in [0.3, 0.4) is 0 Å². The molecular formula is C15H14Cl2FNO. The monoisotopic (exact) mass is 313 g/mol. The van der Waals surface area contributed by atoms with Crippen molar-refractivity contribution in [1.82, 2.24) is 0 Å². The van der Waals surface area contributed by atoms with Crippen LogP contribution in [0, 0.1) is 5.82 Å². The molecule has 0 aliphatic rings. The number of nitrogens with two attached hydrogens (primary N) is 1. The average Bonchev–Trinajstić information content (AvgIpc) is 2.43. The van der Waals surface area contributed by atoms with Crippen LogP contribution in [0.15, 0.2) is 36.4 Å². The number of hydrogen-bond donors (Lipinski definition) is 1. The second-order valence-corrected chi connectivity index (χ2v) is 5.22. The van der Waals surface area contributed by atoms with Gasteiger partial charge in [0.15, 0.2) is 0 Å². The predicted octanol–water partition coefficient (Wildman–Crippen LogP) is 4.38. The lowest BCUT2D eigenvalue weighted by Gasteiger charge is -2.15. The Hall–Kier alpha value is -1.29. The van der Waals surface area contributed by atoms with E-state index in [1.54, 1.807) is 30.3 Å². The quantitative estimate of drug-likeness (QED) is 0.909. The molecule has 0 saturated carbocycles. The first kappa shape index (κ1) is 15.1. The first-order chi connectivity index (χ1) is 9.52. The van der Waals surface area contributed by atoms with Crippen LogP contribution in [0.2, 0.25) is 10.0 Å². The fraction of sp³-hybridized carbons (Fsp3) is 0.200. The summed E-state index contributed by atoms with van der Waals surface area (Å²) in [5.74, 6) is 0.188. The van der Waals surface area contributed by atoms with Gasteiger partial charge in [0.1, 0.15) is 11.6 Å². The highest BCUT2D eigenvalue weighted by Gasteiger charge is 2.14. The van der Waals surface area contributed by atoms with Crippen molar-refractivity contribution in [2.45, 2.75) is 12.5 Å². The average molecular weight is 314 g/mol. The maximum Gasteiger partial charge on any atom is 0.137 e. The zero-order valence-electron chi connectivity index (χ0n) is 10.9. The standard InChI is InChI=1S/C15H14Cl2FNO/c1-20-15-7-9(5-6-12(15)17)14(19)8-10-11(16)3-2-4-13(10)18/h2-7,14H,8,19H2,1H3. The predicted molar refractivity (Wildman–Crippen MR) is 80.0 cm³/mol. The van der Waals surface area contributed by atoms with E-state index >= 15 is 0 Å². The van der Waals surface area contributed by atoms with Gasteiger partial charge < -0.3 is 10.5 Å². The first-order valence-corrected chi connectivity index (χ1v) is 6.80. The second-order valence-electron chi connectivity index (χ2n) is 4.40. The molecule has 0 aliphatic heterocycles. The highest BCUT2D eigenvalue weighted by Crippen LogP contribution is 2.30. The van der Waals surface area contributed by atoms with E-state index < -0.39 is 6.04 Å². The lowest BCUT2D eigenvalue weighted by atomic mass is 9.99. The van der Waals surface area contributed by atoms with Gasteiger partial charge in [-0.3, -0.25) is 0 Å². The van der Waals surface area contributed by atoms with Gasteiger partial charge in [-0.25, -0.2) is 4.39 Å². The summed E-state index contributed by atoms with van der Waals surface area (Å²) in [6.07, 6.45) is 0.302. The third-order valence-corrected chi connectivity index (χ3v) is 3.76. The van der Waals surface area contributed by atoms with E-state index in [9.17, 15) is 4.39 Å². The van der Waals surface area contributed by atoms with Gasteiger partial charge in [0.05, 0.1) is 12.1 Å². The molecule has 2 aromatic rings. The first-order valence-electron chi connectivity index (χ1n) is 6.05. The Morgan fingerprint density at radius 2 is 1.95 bits per heavy atom. The van der Waals surface area contributed by atoms with Gasteiger partial charge >= 0.3 is 0 Å². The molecule has 0 bridgehead atoms. The summed E-state index contributed by atoms with van der Waals surface area (Å²) in [5.41, 5.74) is 7.34. The third kappa shape index (κ3) is 3.23. The molecule has 0 spiro atoms. The molecule has 2 nitrogen and oxygen atoms in total. The topological polar surface area (TPSA) is 35.2 Å². The number of methoxy groups -OCH3 is 1. The van der Waals surface area contributed by atoms with Crippen molar-refractivity contribution in [2.75, 3.05) is 7.11 Å². The summed E-state index contributed by atoms with van der Waals surface area (Å²) in [6, 6.07) is 9.45. The van der Waals surface area contributed by atoms with Crippen LogP contribution < -0.4 is 10.5 Å². The Labute approximate surface area is 127 Å². The molecular weight excluding hydrogens is 300 g/mol. The van der Waals surface area contributed by atoms with Crippen molar-refractivity contribution in [3.63, 3.8) is 0 Å². The Bertz CT molecular complexity index is 599. The molecule has 1 atom stereocenters.